The predicted molar refractivity (Wildman–Crippen MR) is 95.6 cm³/mol. The average Bonchev–Trinajstić information content (AvgIpc) is 3.08. The molecule has 1 aromatic carbocycles. The monoisotopic (exact) mass is 370 g/mol. The van der Waals surface area contributed by atoms with Gasteiger partial charge >= 0.3 is 5.69 Å². The Balaban J connectivity index is 2.17. The SMILES string of the molecule is CC1=NNC(=O)/C1=C\c1c(C)nn(-c2ccc([N+](=O)[O-])cc2[N+](=O)[O-])c1C. The highest BCUT2D eigenvalue weighted by Crippen LogP contribution is 2.30. The van der Waals surface area contributed by atoms with Gasteiger partial charge in [0.2, 0.25) is 0 Å². The molecule has 0 radical (unpaired) electrons. The second-order valence-corrected chi connectivity index (χ2v) is 5.88. The number of hydrogen-bond acceptors (Lipinski definition) is 7. The average molecular weight is 370 g/mol. The molecule has 0 unspecified atom stereocenters. The van der Waals surface area contributed by atoms with Crippen LogP contribution in [0.25, 0.3) is 11.8 Å². The summed E-state index contributed by atoms with van der Waals surface area (Å²) in [4.78, 5) is 32.8. The summed E-state index contributed by atoms with van der Waals surface area (Å²) in [5.74, 6) is -0.347. The van der Waals surface area contributed by atoms with E-state index in [1.54, 1.807) is 26.8 Å². The van der Waals surface area contributed by atoms with Gasteiger partial charge in [-0.25, -0.2) is 10.1 Å². The van der Waals surface area contributed by atoms with E-state index >= 15 is 0 Å². The Hall–Kier alpha value is -3.89. The van der Waals surface area contributed by atoms with Gasteiger partial charge in [-0.3, -0.25) is 25.0 Å². The van der Waals surface area contributed by atoms with Gasteiger partial charge in [0.05, 0.1) is 32.9 Å². The van der Waals surface area contributed by atoms with E-state index in [4.69, 9.17) is 0 Å². The first-order valence-electron chi connectivity index (χ1n) is 7.77. The summed E-state index contributed by atoms with van der Waals surface area (Å²) < 4.78 is 1.34. The lowest BCUT2D eigenvalue weighted by molar-refractivity contribution is -0.394. The lowest BCUT2D eigenvalue weighted by Gasteiger charge is -2.06. The number of non-ortho nitro benzene ring substituents is 1. The lowest BCUT2D eigenvalue weighted by Crippen LogP contribution is -2.12. The van der Waals surface area contributed by atoms with Crippen molar-refractivity contribution in [1.29, 1.82) is 0 Å². The first-order valence-corrected chi connectivity index (χ1v) is 7.77. The fourth-order valence-electron chi connectivity index (χ4n) is 2.78. The topological polar surface area (TPSA) is 146 Å². The van der Waals surface area contributed by atoms with Gasteiger partial charge in [0.1, 0.15) is 5.69 Å². The van der Waals surface area contributed by atoms with E-state index in [-0.39, 0.29) is 17.3 Å². The number of aryl methyl sites for hydroxylation is 1. The third-order valence-corrected chi connectivity index (χ3v) is 4.19. The van der Waals surface area contributed by atoms with Crippen molar-refractivity contribution in [3.63, 3.8) is 0 Å². The van der Waals surface area contributed by atoms with Gasteiger partial charge in [-0.2, -0.15) is 10.2 Å². The zero-order valence-electron chi connectivity index (χ0n) is 14.6. The van der Waals surface area contributed by atoms with Crippen LogP contribution in [0.15, 0.2) is 28.9 Å². The number of aromatic nitrogens is 2. The fraction of sp³-hybridized carbons (Fsp3) is 0.188. The third kappa shape index (κ3) is 3.05. The molecule has 1 aromatic heterocycles. The number of nitrogens with one attached hydrogen (secondary N) is 1. The maximum Gasteiger partial charge on any atom is 0.301 e. The smallest absolute Gasteiger partial charge is 0.267 e. The second kappa shape index (κ2) is 6.44. The van der Waals surface area contributed by atoms with Crippen LogP contribution in [0.3, 0.4) is 0 Å². The van der Waals surface area contributed by atoms with Gasteiger partial charge in [-0.15, -0.1) is 0 Å². The maximum atomic E-state index is 11.9. The van der Waals surface area contributed by atoms with E-state index < -0.39 is 15.5 Å². The number of benzene rings is 1. The third-order valence-electron chi connectivity index (χ3n) is 4.19. The highest BCUT2D eigenvalue weighted by molar-refractivity contribution is 6.26. The fourth-order valence-corrected chi connectivity index (χ4v) is 2.78. The minimum absolute atomic E-state index is 0.0945. The zero-order chi connectivity index (χ0) is 19.9. The molecule has 11 nitrogen and oxygen atoms in total. The van der Waals surface area contributed by atoms with Gasteiger partial charge in [-0.05, 0) is 32.9 Å². The molecule has 0 spiro atoms. The minimum atomic E-state index is -0.700. The molecule has 3 rings (SSSR count). The van der Waals surface area contributed by atoms with Crippen molar-refractivity contribution in [3.05, 3.63) is 61.0 Å². The van der Waals surface area contributed by atoms with E-state index in [0.29, 0.717) is 28.2 Å². The molecule has 1 aliphatic heterocycles. The second-order valence-electron chi connectivity index (χ2n) is 5.88. The largest absolute Gasteiger partial charge is 0.301 e. The number of carbonyl (C=O) groups excluding carboxylic acids is 1. The molecule has 0 fully saturated rings. The summed E-state index contributed by atoms with van der Waals surface area (Å²) >= 11 is 0. The summed E-state index contributed by atoms with van der Waals surface area (Å²) in [5.41, 5.74) is 4.23. The molecule has 27 heavy (non-hydrogen) atoms. The molecule has 1 amide bonds. The molecule has 0 aliphatic carbocycles. The van der Waals surface area contributed by atoms with E-state index in [0.717, 1.165) is 6.07 Å². The Bertz CT molecular complexity index is 1070. The van der Waals surface area contributed by atoms with Crippen LogP contribution in [0, 0.1) is 34.1 Å². The summed E-state index contributed by atoms with van der Waals surface area (Å²) in [6, 6.07) is 3.35. The Morgan fingerprint density at radius 2 is 1.85 bits per heavy atom. The van der Waals surface area contributed by atoms with Crippen LogP contribution in [-0.4, -0.2) is 31.2 Å². The number of rotatable bonds is 4. The standard InChI is InChI=1S/C16H14N6O5/c1-8-13(16(23)18-17-8)7-12-9(2)19-20(10(12)3)14-5-4-11(21(24)25)6-15(14)22(26)27/h4-7H,1-3H3,(H,18,23)/b13-7-. The van der Waals surface area contributed by atoms with Gasteiger partial charge in [0.25, 0.3) is 11.6 Å². The van der Waals surface area contributed by atoms with Crippen molar-refractivity contribution in [1.82, 2.24) is 15.2 Å². The van der Waals surface area contributed by atoms with Crippen molar-refractivity contribution in [3.8, 4) is 5.69 Å². The molecule has 0 atom stereocenters. The van der Waals surface area contributed by atoms with E-state index in [1.807, 2.05) is 0 Å². The number of amides is 1. The number of hydrazone groups is 1. The van der Waals surface area contributed by atoms with Crippen molar-refractivity contribution < 1.29 is 14.6 Å². The molecule has 1 aliphatic rings. The first kappa shape index (κ1) is 17.9. The van der Waals surface area contributed by atoms with Crippen LogP contribution in [-0.2, 0) is 4.79 Å². The van der Waals surface area contributed by atoms with Crippen molar-refractivity contribution in [2.45, 2.75) is 20.8 Å². The number of nitro groups is 2. The van der Waals surface area contributed by atoms with E-state index in [2.05, 4.69) is 15.6 Å². The van der Waals surface area contributed by atoms with E-state index in [1.165, 1.54) is 16.8 Å². The quantitative estimate of drug-likeness (QED) is 0.496. The molecule has 1 N–H and O–H groups in total. The molecular weight excluding hydrogens is 356 g/mol. The van der Waals surface area contributed by atoms with Crippen molar-refractivity contribution >= 4 is 29.1 Å². The number of carbonyl (C=O) groups is 1. The number of nitro benzene ring substituents is 2. The number of hydrogen-bond donors (Lipinski definition) is 1. The first-order chi connectivity index (χ1) is 12.7. The Kier molecular flexibility index (Phi) is 4.27. The Labute approximate surface area is 152 Å². The summed E-state index contributed by atoms with van der Waals surface area (Å²) in [6.45, 7) is 5.07. The van der Waals surface area contributed by atoms with Crippen LogP contribution >= 0.6 is 0 Å². The number of nitrogens with zero attached hydrogens (tertiary/aromatic N) is 5. The molecule has 0 saturated heterocycles. The predicted octanol–water partition coefficient (Wildman–Crippen LogP) is 2.19. The van der Waals surface area contributed by atoms with Gasteiger partial charge < -0.3 is 0 Å². The van der Waals surface area contributed by atoms with Crippen LogP contribution < -0.4 is 5.43 Å². The Morgan fingerprint density at radius 3 is 2.41 bits per heavy atom. The molecular formula is C16H14N6O5. The maximum absolute atomic E-state index is 11.9. The summed E-state index contributed by atoms with van der Waals surface area (Å²) in [5, 5.41) is 30.5. The minimum Gasteiger partial charge on any atom is -0.267 e. The Morgan fingerprint density at radius 1 is 1.15 bits per heavy atom. The zero-order valence-corrected chi connectivity index (χ0v) is 14.6. The van der Waals surface area contributed by atoms with E-state index in [9.17, 15) is 25.0 Å². The van der Waals surface area contributed by atoms with Gasteiger partial charge in [0, 0.05) is 17.3 Å². The van der Waals surface area contributed by atoms with Crippen molar-refractivity contribution in [2.24, 2.45) is 5.10 Å². The highest BCUT2D eigenvalue weighted by Gasteiger charge is 2.25. The van der Waals surface area contributed by atoms with Gasteiger partial charge in [0.15, 0.2) is 0 Å². The highest BCUT2D eigenvalue weighted by atomic mass is 16.6. The normalized spacial score (nSPS) is 15.0. The molecule has 0 saturated carbocycles. The van der Waals surface area contributed by atoms with Crippen LogP contribution in [0.2, 0.25) is 0 Å². The molecule has 138 valence electrons. The molecule has 2 heterocycles. The summed E-state index contributed by atoms with van der Waals surface area (Å²) in [6.07, 6.45) is 1.62. The van der Waals surface area contributed by atoms with Crippen LogP contribution in [0.1, 0.15) is 23.9 Å². The molecule has 0 bridgehead atoms. The van der Waals surface area contributed by atoms with Crippen LogP contribution in [0.4, 0.5) is 11.4 Å². The van der Waals surface area contributed by atoms with Crippen LogP contribution in [0.5, 0.6) is 0 Å². The lowest BCUT2D eigenvalue weighted by atomic mass is 10.1. The summed E-state index contributed by atoms with van der Waals surface area (Å²) in [7, 11) is 0. The van der Waals surface area contributed by atoms with Crippen molar-refractivity contribution in [2.75, 3.05) is 0 Å². The molecule has 2 aromatic rings. The molecule has 11 heteroatoms. The van der Waals surface area contributed by atoms with Gasteiger partial charge in [-0.1, -0.05) is 0 Å².